The second-order valence-electron chi connectivity index (χ2n) is 5.72. The van der Waals surface area contributed by atoms with E-state index in [2.05, 4.69) is 0 Å². The van der Waals surface area contributed by atoms with E-state index in [0.29, 0.717) is 25.2 Å². The molecule has 0 saturated heterocycles. The van der Waals surface area contributed by atoms with Crippen LogP contribution in [0.1, 0.15) is 58.3 Å². The van der Waals surface area contributed by atoms with Gasteiger partial charge in [0.2, 0.25) is 0 Å². The summed E-state index contributed by atoms with van der Waals surface area (Å²) in [6.07, 6.45) is 5.04. The van der Waals surface area contributed by atoms with E-state index in [1.807, 2.05) is 6.92 Å². The van der Waals surface area contributed by atoms with E-state index in [1.165, 1.54) is 19.3 Å². The summed E-state index contributed by atoms with van der Waals surface area (Å²) < 4.78 is 32.4. The minimum atomic E-state index is -2.89. The van der Waals surface area contributed by atoms with Crippen LogP contribution >= 0.6 is 0 Å². The van der Waals surface area contributed by atoms with Gasteiger partial charge in [0.05, 0.1) is 12.5 Å². The average molecular weight is 246 g/mol. The number of ether oxygens (including phenoxy) is 1. The smallest absolute Gasteiger partial charge is 0.320 e. The maximum atomic E-state index is 13.8. The summed E-state index contributed by atoms with van der Waals surface area (Å²) in [5.41, 5.74) is 0. The molecule has 2 saturated carbocycles. The van der Waals surface area contributed by atoms with Crippen LogP contribution in [-0.4, -0.2) is 12.7 Å². The summed E-state index contributed by atoms with van der Waals surface area (Å²) in [4.78, 5) is 0. The van der Waals surface area contributed by atoms with Crippen molar-refractivity contribution in [3.05, 3.63) is 0 Å². The number of fused-ring (bicyclic) bond motifs is 1. The molecule has 2 rings (SSSR count). The van der Waals surface area contributed by atoms with Crippen molar-refractivity contribution in [3.63, 3.8) is 0 Å². The van der Waals surface area contributed by atoms with Gasteiger partial charge >= 0.3 is 6.11 Å². The molecule has 0 aliphatic heterocycles. The summed E-state index contributed by atoms with van der Waals surface area (Å²) in [5.74, 6) is 0.731. The van der Waals surface area contributed by atoms with Gasteiger partial charge in [0, 0.05) is 0 Å². The molecular formula is C14H24F2O. The maximum absolute atomic E-state index is 13.8. The highest BCUT2D eigenvalue weighted by molar-refractivity contribution is 4.86. The minimum Gasteiger partial charge on any atom is -0.320 e. The van der Waals surface area contributed by atoms with Gasteiger partial charge in [-0.3, -0.25) is 0 Å². The lowest BCUT2D eigenvalue weighted by molar-refractivity contribution is -0.280. The van der Waals surface area contributed by atoms with Crippen LogP contribution in [0.4, 0.5) is 8.78 Å². The van der Waals surface area contributed by atoms with Gasteiger partial charge in [-0.15, -0.1) is 0 Å². The van der Waals surface area contributed by atoms with Gasteiger partial charge in [0.1, 0.15) is 0 Å². The first kappa shape index (κ1) is 13.3. The Morgan fingerprint density at radius 1 is 1.06 bits per heavy atom. The molecule has 1 nitrogen and oxygen atoms in total. The van der Waals surface area contributed by atoms with Crippen molar-refractivity contribution in [2.45, 2.75) is 64.4 Å². The lowest BCUT2D eigenvalue weighted by atomic mass is 9.67. The Morgan fingerprint density at radius 3 is 2.47 bits per heavy atom. The number of alkyl halides is 2. The van der Waals surface area contributed by atoms with Crippen LogP contribution in [0.25, 0.3) is 0 Å². The topological polar surface area (TPSA) is 9.23 Å². The molecule has 2 aliphatic carbocycles. The Kier molecular flexibility index (Phi) is 4.40. The van der Waals surface area contributed by atoms with Gasteiger partial charge in [-0.05, 0) is 37.5 Å². The summed E-state index contributed by atoms with van der Waals surface area (Å²) in [6, 6.07) is 0. The molecule has 2 fully saturated rings. The predicted octanol–water partition coefficient (Wildman–Crippen LogP) is 4.61. The molecule has 0 aromatic rings. The van der Waals surface area contributed by atoms with E-state index in [4.69, 9.17) is 4.74 Å². The van der Waals surface area contributed by atoms with Crippen LogP contribution in [0.2, 0.25) is 0 Å². The lowest BCUT2D eigenvalue weighted by Gasteiger charge is -2.41. The normalized spacial score (nSPS) is 34.4. The van der Waals surface area contributed by atoms with Crippen molar-refractivity contribution in [3.8, 4) is 0 Å². The van der Waals surface area contributed by atoms with Gasteiger partial charge < -0.3 is 4.74 Å². The summed E-state index contributed by atoms with van der Waals surface area (Å²) >= 11 is 0. The summed E-state index contributed by atoms with van der Waals surface area (Å²) in [6.45, 7) is 2.05. The lowest BCUT2D eigenvalue weighted by Crippen LogP contribution is -2.39. The second kappa shape index (κ2) is 5.64. The zero-order valence-corrected chi connectivity index (χ0v) is 10.8. The maximum Gasteiger partial charge on any atom is 0.358 e. The molecule has 0 N–H and O–H groups in total. The Bertz CT molecular complexity index is 242. The van der Waals surface area contributed by atoms with Crippen LogP contribution < -0.4 is 0 Å². The third-order valence-electron chi connectivity index (χ3n) is 4.51. The SMILES string of the molecule is CCCOC(F)(F)C1CCC2CCCCC2C1. The second-order valence-corrected chi connectivity index (χ2v) is 5.72. The zero-order valence-electron chi connectivity index (χ0n) is 10.8. The number of hydrogen-bond acceptors (Lipinski definition) is 1. The molecule has 0 amide bonds. The minimum absolute atomic E-state index is 0.178. The van der Waals surface area contributed by atoms with Crippen molar-refractivity contribution >= 4 is 0 Å². The standard InChI is InChI=1S/C14H24F2O/c1-2-9-17-14(15,16)13-8-7-11-5-3-4-6-12(11)10-13/h11-13H,2-10H2,1H3. The Labute approximate surface area is 103 Å². The quantitative estimate of drug-likeness (QED) is 0.703. The molecule has 3 atom stereocenters. The van der Waals surface area contributed by atoms with Crippen LogP contribution in [0, 0.1) is 17.8 Å². The third-order valence-corrected chi connectivity index (χ3v) is 4.51. The van der Waals surface area contributed by atoms with E-state index in [9.17, 15) is 8.78 Å². The predicted molar refractivity (Wildman–Crippen MR) is 64.0 cm³/mol. The van der Waals surface area contributed by atoms with Crippen molar-refractivity contribution in [1.29, 1.82) is 0 Å². The molecule has 100 valence electrons. The van der Waals surface area contributed by atoms with Crippen LogP contribution in [-0.2, 0) is 4.74 Å². The van der Waals surface area contributed by atoms with Crippen LogP contribution in [0.15, 0.2) is 0 Å². The molecule has 0 aromatic heterocycles. The first-order valence-corrected chi connectivity index (χ1v) is 7.15. The molecule has 0 radical (unpaired) electrons. The van der Waals surface area contributed by atoms with E-state index >= 15 is 0 Å². The van der Waals surface area contributed by atoms with Crippen molar-refractivity contribution in [2.75, 3.05) is 6.61 Å². The summed E-state index contributed by atoms with van der Waals surface area (Å²) in [5, 5.41) is 0. The largest absolute Gasteiger partial charge is 0.358 e. The van der Waals surface area contributed by atoms with Crippen LogP contribution in [0.3, 0.4) is 0 Å². The zero-order chi connectivity index (χ0) is 12.3. The number of rotatable bonds is 4. The first-order valence-electron chi connectivity index (χ1n) is 7.15. The van der Waals surface area contributed by atoms with Gasteiger partial charge in [0.25, 0.3) is 0 Å². The fourth-order valence-corrected chi connectivity index (χ4v) is 3.53. The molecule has 3 unspecified atom stereocenters. The first-order chi connectivity index (χ1) is 8.13. The number of hydrogen-bond donors (Lipinski definition) is 0. The Balaban J connectivity index is 1.89. The Hall–Kier alpha value is -0.180. The molecule has 0 aromatic carbocycles. The molecular weight excluding hydrogens is 222 g/mol. The average Bonchev–Trinajstić information content (AvgIpc) is 2.36. The fraction of sp³-hybridized carbons (Fsp3) is 1.00. The van der Waals surface area contributed by atoms with E-state index in [1.54, 1.807) is 0 Å². The van der Waals surface area contributed by atoms with Gasteiger partial charge in [-0.1, -0.05) is 32.6 Å². The molecule has 0 spiro atoms. The van der Waals surface area contributed by atoms with Crippen molar-refractivity contribution in [2.24, 2.45) is 17.8 Å². The highest BCUT2D eigenvalue weighted by atomic mass is 19.3. The van der Waals surface area contributed by atoms with Crippen molar-refractivity contribution < 1.29 is 13.5 Å². The van der Waals surface area contributed by atoms with E-state index < -0.39 is 12.0 Å². The van der Waals surface area contributed by atoms with Crippen LogP contribution in [0.5, 0.6) is 0 Å². The van der Waals surface area contributed by atoms with Gasteiger partial charge in [0.15, 0.2) is 0 Å². The summed E-state index contributed by atoms with van der Waals surface area (Å²) in [7, 11) is 0. The van der Waals surface area contributed by atoms with E-state index in [0.717, 1.165) is 18.8 Å². The van der Waals surface area contributed by atoms with Crippen molar-refractivity contribution in [1.82, 2.24) is 0 Å². The molecule has 0 heterocycles. The third kappa shape index (κ3) is 3.18. The fourth-order valence-electron chi connectivity index (χ4n) is 3.53. The molecule has 3 heteroatoms. The molecule has 17 heavy (non-hydrogen) atoms. The van der Waals surface area contributed by atoms with E-state index in [-0.39, 0.29) is 6.61 Å². The highest BCUT2D eigenvalue weighted by Gasteiger charge is 2.45. The molecule has 2 aliphatic rings. The molecule has 0 bridgehead atoms. The number of halogens is 2. The van der Waals surface area contributed by atoms with Gasteiger partial charge in [-0.2, -0.15) is 8.78 Å². The van der Waals surface area contributed by atoms with Gasteiger partial charge in [-0.25, -0.2) is 0 Å². The highest BCUT2D eigenvalue weighted by Crippen LogP contribution is 2.47. The monoisotopic (exact) mass is 246 g/mol. The Morgan fingerprint density at radius 2 is 1.76 bits per heavy atom.